The van der Waals surface area contributed by atoms with E-state index in [0.29, 0.717) is 42.5 Å². The molecular weight excluding hydrogens is 412 g/mol. The average molecular weight is 443 g/mol. The summed E-state index contributed by atoms with van der Waals surface area (Å²) in [6.45, 7) is 5.44. The van der Waals surface area contributed by atoms with Gasteiger partial charge in [0.2, 0.25) is 0 Å². The van der Waals surface area contributed by atoms with Gasteiger partial charge in [0.05, 0.1) is 0 Å². The van der Waals surface area contributed by atoms with E-state index in [-0.39, 0.29) is 11.9 Å². The predicted octanol–water partition coefficient (Wildman–Crippen LogP) is 4.96. The van der Waals surface area contributed by atoms with E-state index < -0.39 is 0 Å². The molecule has 1 N–H and O–H groups in total. The van der Waals surface area contributed by atoms with Gasteiger partial charge in [0.25, 0.3) is 5.91 Å². The zero-order valence-electron chi connectivity index (χ0n) is 18.3. The number of benzene rings is 2. The fourth-order valence-corrected chi connectivity index (χ4v) is 3.85. The second-order valence-electron chi connectivity index (χ2n) is 7.90. The summed E-state index contributed by atoms with van der Waals surface area (Å²) >= 11 is 5.99. The lowest BCUT2D eigenvalue weighted by atomic mass is 10.1. The maximum Gasteiger partial charge on any atom is 0.321 e. The predicted molar refractivity (Wildman–Crippen MR) is 127 cm³/mol. The zero-order valence-corrected chi connectivity index (χ0v) is 19.1. The smallest absolute Gasteiger partial charge is 0.321 e. The number of hydrogen-bond acceptors (Lipinski definition) is 3. The van der Waals surface area contributed by atoms with Gasteiger partial charge in [-0.3, -0.25) is 4.79 Å². The normalized spacial score (nSPS) is 14.2. The van der Waals surface area contributed by atoms with Gasteiger partial charge >= 0.3 is 6.03 Å². The Morgan fingerprint density at radius 2 is 1.74 bits per heavy atom. The van der Waals surface area contributed by atoms with Gasteiger partial charge in [-0.25, -0.2) is 4.79 Å². The molecule has 1 heterocycles. The highest BCUT2D eigenvalue weighted by molar-refractivity contribution is 6.30. The van der Waals surface area contributed by atoms with Crippen LogP contribution in [0.1, 0.15) is 36.5 Å². The lowest BCUT2D eigenvalue weighted by Crippen LogP contribution is -2.39. The van der Waals surface area contributed by atoms with Crippen molar-refractivity contribution >= 4 is 34.9 Å². The summed E-state index contributed by atoms with van der Waals surface area (Å²) in [5.41, 5.74) is 2.47. The molecule has 0 aromatic heterocycles. The lowest BCUT2D eigenvalue weighted by molar-refractivity contribution is 0.0762. The second kappa shape index (κ2) is 11.0. The molecule has 0 aliphatic carbocycles. The highest BCUT2D eigenvalue weighted by Crippen LogP contribution is 2.18. The number of amides is 3. The van der Waals surface area contributed by atoms with Crippen LogP contribution in [0.2, 0.25) is 5.02 Å². The topological polar surface area (TPSA) is 55.9 Å². The summed E-state index contributed by atoms with van der Waals surface area (Å²) in [5, 5.41) is 3.46. The summed E-state index contributed by atoms with van der Waals surface area (Å²) in [6.07, 6.45) is 3.04. The number of rotatable bonds is 6. The lowest BCUT2D eigenvalue weighted by Gasteiger charge is -2.23. The number of halogens is 1. The summed E-state index contributed by atoms with van der Waals surface area (Å²) in [6, 6.07) is 14.7. The molecular formula is C24H31ClN4O2. The summed E-state index contributed by atoms with van der Waals surface area (Å²) < 4.78 is 0. The van der Waals surface area contributed by atoms with Crippen molar-refractivity contribution in [1.82, 2.24) is 9.80 Å². The Morgan fingerprint density at radius 1 is 1.03 bits per heavy atom. The summed E-state index contributed by atoms with van der Waals surface area (Å²) in [7, 11) is 2.07. The van der Waals surface area contributed by atoms with Crippen LogP contribution >= 0.6 is 11.6 Å². The molecule has 1 saturated heterocycles. The largest absolute Gasteiger partial charge is 0.375 e. The molecule has 7 heteroatoms. The quantitative estimate of drug-likeness (QED) is 0.688. The van der Waals surface area contributed by atoms with Crippen molar-refractivity contribution in [3.63, 3.8) is 0 Å². The number of hydrogen-bond donors (Lipinski definition) is 1. The molecule has 1 fully saturated rings. The van der Waals surface area contributed by atoms with Crippen LogP contribution in [0.3, 0.4) is 0 Å². The maximum atomic E-state index is 13.0. The van der Waals surface area contributed by atoms with E-state index in [2.05, 4.69) is 24.2 Å². The number of nitrogens with zero attached hydrogens (tertiary/aromatic N) is 3. The van der Waals surface area contributed by atoms with Gasteiger partial charge < -0.3 is 20.0 Å². The van der Waals surface area contributed by atoms with E-state index in [1.165, 1.54) is 0 Å². The number of urea groups is 1. The van der Waals surface area contributed by atoms with Crippen molar-refractivity contribution < 1.29 is 9.59 Å². The minimum absolute atomic E-state index is 0.0138. The first-order valence-electron chi connectivity index (χ1n) is 10.9. The minimum Gasteiger partial charge on any atom is -0.375 e. The Balaban J connectivity index is 1.56. The Bertz CT molecular complexity index is 887. The van der Waals surface area contributed by atoms with Crippen LogP contribution in [0.5, 0.6) is 0 Å². The van der Waals surface area contributed by atoms with E-state index in [4.69, 9.17) is 11.6 Å². The molecule has 0 saturated carbocycles. The van der Waals surface area contributed by atoms with Crippen molar-refractivity contribution in [1.29, 1.82) is 0 Å². The van der Waals surface area contributed by atoms with Crippen LogP contribution in [-0.2, 0) is 0 Å². The standard InChI is InChI=1S/C24H31ClN4O2/c1-3-4-13-27(2)22-11-9-19(10-12-22)23(30)28-14-6-15-29(17-16-28)24(31)26-21-8-5-7-20(25)18-21/h5,7-12,18H,3-4,6,13-17H2,1-2H3,(H,26,31). The Kier molecular flexibility index (Phi) is 8.18. The molecule has 166 valence electrons. The van der Waals surface area contributed by atoms with Crippen molar-refractivity contribution in [3.8, 4) is 0 Å². The van der Waals surface area contributed by atoms with Crippen molar-refractivity contribution in [2.24, 2.45) is 0 Å². The van der Waals surface area contributed by atoms with Gasteiger partial charge in [-0.05, 0) is 55.3 Å². The van der Waals surface area contributed by atoms with E-state index >= 15 is 0 Å². The molecule has 0 unspecified atom stereocenters. The fraction of sp³-hybridized carbons (Fsp3) is 0.417. The van der Waals surface area contributed by atoms with Crippen LogP contribution in [0.4, 0.5) is 16.2 Å². The molecule has 1 aliphatic heterocycles. The van der Waals surface area contributed by atoms with Gasteiger partial charge in [0.15, 0.2) is 0 Å². The van der Waals surface area contributed by atoms with Crippen LogP contribution in [-0.4, -0.2) is 61.5 Å². The van der Waals surface area contributed by atoms with Crippen LogP contribution in [0.15, 0.2) is 48.5 Å². The number of carbonyl (C=O) groups is 2. The fourth-order valence-electron chi connectivity index (χ4n) is 3.66. The van der Waals surface area contributed by atoms with E-state index in [1.807, 2.05) is 29.2 Å². The van der Waals surface area contributed by atoms with Gasteiger partial charge in [-0.1, -0.05) is 31.0 Å². The van der Waals surface area contributed by atoms with Crippen molar-refractivity contribution in [2.75, 3.05) is 50.0 Å². The van der Waals surface area contributed by atoms with E-state index in [9.17, 15) is 9.59 Å². The molecule has 0 atom stereocenters. The first-order valence-corrected chi connectivity index (χ1v) is 11.3. The van der Waals surface area contributed by atoms with Crippen LogP contribution in [0.25, 0.3) is 0 Å². The molecule has 3 rings (SSSR count). The molecule has 2 aromatic carbocycles. The van der Waals surface area contributed by atoms with Crippen LogP contribution in [0, 0.1) is 0 Å². The van der Waals surface area contributed by atoms with Gasteiger partial charge in [0.1, 0.15) is 0 Å². The Hall–Kier alpha value is -2.73. The third-order valence-corrected chi connectivity index (χ3v) is 5.78. The molecule has 31 heavy (non-hydrogen) atoms. The SMILES string of the molecule is CCCCN(C)c1ccc(C(=O)N2CCCN(C(=O)Nc3cccc(Cl)c3)CC2)cc1. The highest BCUT2D eigenvalue weighted by atomic mass is 35.5. The third-order valence-electron chi connectivity index (χ3n) is 5.55. The first kappa shape index (κ1) is 22.9. The monoisotopic (exact) mass is 442 g/mol. The zero-order chi connectivity index (χ0) is 22.2. The Morgan fingerprint density at radius 3 is 2.45 bits per heavy atom. The van der Waals surface area contributed by atoms with Gasteiger partial charge in [-0.2, -0.15) is 0 Å². The van der Waals surface area contributed by atoms with Gasteiger partial charge in [-0.15, -0.1) is 0 Å². The second-order valence-corrected chi connectivity index (χ2v) is 8.33. The number of unbranched alkanes of at least 4 members (excludes halogenated alkanes) is 1. The van der Waals surface area contributed by atoms with Crippen molar-refractivity contribution in [3.05, 3.63) is 59.1 Å². The summed E-state index contributed by atoms with van der Waals surface area (Å²) in [4.78, 5) is 31.4. The van der Waals surface area contributed by atoms with Crippen molar-refractivity contribution in [2.45, 2.75) is 26.2 Å². The number of carbonyl (C=O) groups excluding carboxylic acids is 2. The van der Waals surface area contributed by atoms with E-state index in [0.717, 1.165) is 31.5 Å². The molecule has 0 bridgehead atoms. The first-order chi connectivity index (χ1) is 15.0. The van der Waals surface area contributed by atoms with Crippen LogP contribution < -0.4 is 10.2 Å². The molecule has 0 spiro atoms. The number of nitrogens with one attached hydrogen (secondary N) is 1. The molecule has 2 aromatic rings. The maximum absolute atomic E-state index is 13.0. The molecule has 1 aliphatic rings. The van der Waals surface area contributed by atoms with Gasteiger partial charge in [0, 0.05) is 61.7 Å². The minimum atomic E-state index is -0.170. The number of anilines is 2. The highest BCUT2D eigenvalue weighted by Gasteiger charge is 2.23. The molecule has 6 nitrogen and oxygen atoms in total. The summed E-state index contributed by atoms with van der Waals surface area (Å²) in [5.74, 6) is 0.0138. The third kappa shape index (κ3) is 6.37. The molecule has 3 amide bonds. The Labute approximate surface area is 189 Å². The van der Waals surface area contributed by atoms with E-state index in [1.54, 1.807) is 29.2 Å². The molecule has 0 radical (unpaired) electrons. The average Bonchev–Trinajstić information content (AvgIpc) is 3.03.